The van der Waals surface area contributed by atoms with E-state index in [0.29, 0.717) is 5.88 Å². The molecule has 0 saturated heterocycles. The number of nitrogens with zero attached hydrogens (tertiary/aromatic N) is 3. The number of ether oxygens (including phenoxy) is 1. The lowest BCUT2D eigenvalue weighted by Crippen LogP contribution is -2.21. The predicted octanol–water partition coefficient (Wildman–Crippen LogP) is 2.81. The van der Waals surface area contributed by atoms with Crippen molar-refractivity contribution in [2.75, 3.05) is 0 Å². The zero-order chi connectivity index (χ0) is 15.6. The lowest BCUT2D eigenvalue weighted by molar-refractivity contribution is 0.450. The van der Waals surface area contributed by atoms with Gasteiger partial charge in [0.25, 0.3) is 0 Å². The molecule has 114 valence electrons. The summed E-state index contributed by atoms with van der Waals surface area (Å²) in [5.41, 5.74) is 10.0. The van der Waals surface area contributed by atoms with Crippen molar-refractivity contribution in [3.05, 3.63) is 34.8 Å². The molecule has 21 heavy (non-hydrogen) atoms. The van der Waals surface area contributed by atoms with Crippen LogP contribution in [0.25, 0.3) is 0 Å². The van der Waals surface area contributed by atoms with E-state index >= 15 is 0 Å². The summed E-state index contributed by atoms with van der Waals surface area (Å²) in [6, 6.07) is 2.28. The quantitative estimate of drug-likeness (QED) is 0.918. The van der Waals surface area contributed by atoms with Gasteiger partial charge in [0.1, 0.15) is 5.69 Å². The van der Waals surface area contributed by atoms with Crippen molar-refractivity contribution in [3.8, 4) is 11.6 Å². The lowest BCUT2D eigenvalue weighted by Gasteiger charge is -2.12. The van der Waals surface area contributed by atoms with Gasteiger partial charge in [-0.25, -0.2) is 4.98 Å². The standard InChI is InChI=1S/C16H24N4O/c1-6-14(17)8-13-7-10(2)16(18-9-13)21-15-11(3)19-20(5)12(15)4/h7,9,14H,6,8,17H2,1-5H3. The van der Waals surface area contributed by atoms with Crippen molar-refractivity contribution in [1.29, 1.82) is 0 Å². The van der Waals surface area contributed by atoms with E-state index in [-0.39, 0.29) is 6.04 Å². The molecule has 0 bridgehead atoms. The molecule has 5 heteroatoms. The van der Waals surface area contributed by atoms with Crippen LogP contribution in [-0.2, 0) is 13.5 Å². The van der Waals surface area contributed by atoms with E-state index in [9.17, 15) is 0 Å². The smallest absolute Gasteiger partial charge is 0.222 e. The van der Waals surface area contributed by atoms with Gasteiger partial charge in [-0.3, -0.25) is 4.68 Å². The molecule has 0 aliphatic carbocycles. The molecule has 2 aromatic heterocycles. The van der Waals surface area contributed by atoms with Gasteiger partial charge in [-0.2, -0.15) is 5.10 Å². The topological polar surface area (TPSA) is 66.0 Å². The monoisotopic (exact) mass is 288 g/mol. The van der Waals surface area contributed by atoms with Crippen LogP contribution < -0.4 is 10.5 Å². The first kappa shape index (κ1) is 15.5. The molecule has 0 radical (unpaired) electrons. The summed E-state index contributed by atoms with van der Waals surface area (Å²) in [6.07, 6.45) is 3.65. The van der Waals surface area contributed by atoms with Crippen LogP contribution in [-0.4, -0.2) is 20.8 Å². The minimum atomic E-state index is 0.181. The van der Waals surface area contributed by atoms with Gasteiger partial charge in [-0.15, -0.1) is 0 Å². The highest BCUT2D eigenvalue weighted by Gasteiger charge is 2.14. The van der Waals surface area contributed by atoms with Crippen LogP contribution >= 0.6 is 0 Å². The van der Waals surface area contributed by atoms with Gasteiger partial charge in [-0.1, -0.05) is 6.92 Å². The fraction of sp³-hybridized carbons (Fsp3) is 0.500. The first-order valence-electron chi connectivity index (χ1n) is 7.31. The highest BCUT2D eigenvalue weighted by molar-refractivity contribution is 5.38. The van der Waals surface area contributed by atoms with E-state index in [0.717, 1.165) is 41.1 Å². The molecule has 2 rings (SSSR count). The van der Waals surface area contributed by atoms with Crippen molar-refractivity contribution in [2.24, 2.45) is 12.8 Å². The van der Waals surface area contributed by atoms with Crippen molar-refractivity contribution in [1.82, 2.24) is 14.8 Å². The minimum absolute atomic E-state index is 0.181. The maximum Gasteiger partial charge on any atom is 0.222 e. The number of pyridine rings is 1. The van der Waals surface area contributed by atoms with E-state index < -0.39 is 0 Å². The van der Waals surface area contributed by atoms with Crippen molar-refractivity contribution < 1.29 is 4.74 Å². The Labute approximate surface area is 126 Å². The van der Waals surface area contributed by atoms with Gasteiger partial charge < -0.3 is 10.5 Å². The zero-order valence-electron chi connectivity index (χ0n) is 13.5. The van der Waals surface area contributed by atoms with Crippen LogP contribution in [0.1, 0.15) is 35.9 Å². The van der Waals surface area contributed by atoms with E-state index in [1.165, 1.54) is 0 Å². The van der Waals surface area contributed by atoms with Crippen LogP contribution in [0.4, 0.5) is 0 Å². The molecule has 0 aliphatic heterocycles. The van der Waals surface area contributed by atoms with Crippen LogP contribution in [0, 0.1) is 20.8 Å². The fourth-order valence-corrected chi connectivity index (χ4v) is 2.28. The summed E-state index contributed by atoms with van der Waals surface area (Å²) < 4.78 is 7.77. The third-order valence-corrected chi connectivity index (χ3v) is 3.75. The number of nitrogens with two attached hydrogens (primary N) is 1. The van der Waals surface area contributed by atoms with Crippen LogP contribution in [0.2, 0.25) is 0 Å². The third kappa shape index (κ3) is 3.42. The molecule has 2 aromatic rings. The number of hydrogen-bond acceptors (Lipinski definition) is 4. The Morgan fingerprint density at radius 2 is 2.05 bits per heavy atom. The minimum Gasteiger partial charge on any atom is -0.435 e. The predicted molar refractivity (Wildman–Crippen MR) is 83.7 cm³/mol. The summed E-state index contributed by atoms with van der Waals surface area (Å²) in [5.74, 6) is 1.41. The zero-order valence-corrected chi connectivity index (χ0v) is 13.5. The number of aromatic nitrogens is 3. The Balaban J connectivity index is 2.21. The number of rotatable bonds is 5. The molecule has 0 spiro atoms. The molecule has 0 fully saturated rings. The van der Waals surface area contributed by atoms with Crippen LogP contribution in [0.15, 0.2) is 12.3 Å². The Bertz CT molecular complexity index is 633. The lowest BCUT2D eigenvalue weighted by atomic mass is 10.1. The van der Waals surface area contributed by atoms with Gasteiger partial charge in [0.05, 0.1) is 5.69 Å². The van der Waals surface area contributed by atoms with Crippen molar-refractivity contribution in [3.63, 3.8) is 0 Å². The normalized spacial score (nSPS) is 12.5. The molecule has 5 nitrogen and oxygen atoms in total. The molecule has 0 aromatic carbocycles. The summed E-state index contributed by atoms with van der Waals surface area (Å²) in [6.45, 7) is 8.02. The largest absolute Gasteiger partial charge is 0.435 e. The van der Waals surface area contributed by atoms with Crippen LogP contribution in [0.3, 0.4) is 0 Å². The molecule has 1 atom stereocenters. The second-order valence-corrected chi connectivity index (χ2v) is 5.56. The van der Waals surface area contributed by atoms with Crippen molar-refractivity contribution in [2.45, 2.75) is 46.6 Å². The molecule has 0 amide bonds. The summed E-state index contributed by atoms with van der Waals surface area (Å²) in [7, 11) is 1.91. The second kappa shape index (κ2) is 6.26. The Morgan fingerprint density at radius 1 is 1.33 bits per heavy atom. The molecule has 2 heterocycles. The van der Waals surface area contributed by atoms with Gasteiger partial charge in [0.2, 0.25) is 5.88 Å². The Hall–Kier alpha value is -1.88. The molecule has 1 unspecified atom stereocenters. The highest BCUT2D eigenvalue weighted by atomic mass is 16.5. The Morgan fingerprint density at radius 3 is 2.57 bits per heavy atom. The highest BCUT2D eigenvalue weighted by Crippen LogP contribution is 2.28. The summed E-state index contributed by atoms with van der Waals surface area (Å²) >= 11 is 0. The van der Waals surface area contributed by atoms with Gasteiger partial charge in [0, 0.05) is 24.8 Å². The molecule has 0 aliphatic rings. The number of hydrogen-bond donors (Lipinski definition) is 1. The van der Waals surface area contributed by atoms with Gasteiger partial charge >= 0.3 is 0 Å². The average Bonchev–Trinajstić information content (AvgIpc) is 2.67. The first-order valence-corrected chi connectivity index (χ1v) is 7.31. The summed E-state index contributed by atoms with van der Waals surface area (Å²) in [5, 5.41) is 4.35. The summed E-state index contributed by atoms with van der Waals surface area (Å²) in [4.78, 5) is 4.44. The molecular weight excluding hydrogens is 264 g/mol. The SMILES string of the molecule is CCC(N)Cc1cnc(Oc2c(C)nn(C)c2C)c(C)c1. The van der Waals surface area contributed by atoms with Gasteiger partial charge in [0.15, 0.2) is 5.75 Å². The maximum absolute atomic E-state index is 5.99. The first-order chi connectivity index (χ1) is 9.92. The fourth-order valence-electron chi connectivity index (χ4n) is 2.28. The molecule has 2 N–H and O–H groups in total. The maximum atomic E-state index is 5.99. The van der Waals surface area contributed by atoms with Crippen LogP contribution in [0.5, 0.6) is 11.6 Å². The molecule has 0 saturated carbocycles. The van der Waals surface area contributed by atoms with Gasteiger partial charge in [-0.05, 0) is 45.2 Å². The van der Waals surface area contributed by atoms with E-state index in [1.54, 1.807) is 0 Å². The van der Waals surface area contributed by atoms with Crippen molar-refractivity contribution >= 4 is 0 Å². The molecular formula is C16H24N4O. The van der Waals surface area contributed by atoms with E-state index in [1.807, 2.05) is 38.7 Å². The second-order valence-electron chi connectivity index (χ2n) is 5.56. The Kier molecular flexibility index (Phi) is 4.63. The number of aryl methyl sites for hydroxylation is 3. The third-order valence-electron chi connectivity index (χ3n) is 3.75. The average molecular weight is 288 g/mol. The van der Waals surface area contributed by atoms with E-state index in [2.05, 4.69) is 23.1 Å². The van der Waals surface area contributed by atoms with E-state index in [4.69, 9.17) is 10.5 Å².